The summed E-state index contributed by atoms with van der Waals surface area (Å²) in [6, 6.07) is 5.56. The van der Waals surface area contributed by atoms with E-state index in [1.807, 2.05) is 25.1 Å². The van der Waals surface area contributed by atoms with E-state index in [-0.39, 0.29) is 0 Å². The van der Waals surface area contributed by atoms with Crippen LogP contribution in [0.15, 0.2) is 18.2 Å². The molecule has 0 fully saturated rings. The van der Waals surface area contributed by atoms with Crippen molar-refractivity contribution in [3.8, 4) is 11.5 Å². The van der Waals surface area contributed by atoms with Gasteiger partial charge in [0.25, 0.3) is 0 Å². The lowest BCUT2D eigenvalue weighted by atomic mass is 10.1. The third kappa shape index (κ3) is 2.15. The van der Waals surface area contributed by atoms with Gasteiger partial charge in [0.2, 0.25) is 0 Å². The molecule has 0 bridgehead atoms. The van der Waals surface area contributed by atoms with Gasteiger partial charge in [0, 0.05) is 17.1 Å². The first-order chi connectivity index (χ1) is 8.19. The Morgan fingerprint density at radius 1 is 1.18 bits per heavy atom. The highest BCUT2D eigenvalue weighted by Gasteiger charge is 2.10. The van der Waals surface area contributed by atoms with Crippen LogP contribution in [0, 0.1) is 0 Å². The molecule has 2 aromatic rings. The first-order valence-corrected chi connectivity index (χ1v) is 5.78. The van der Waals surface area contributed by atoms with E-state index in [1.165, 1.54) is 0 Å². The maximum Gasteiger partial charge on any atom is 0.148 e. The molecule has 0 aliphatic rings. The second-order valence-electron chi connectivity index (χ2n) is 3.67. The number of hydrogen-bond acceptors (Lipinski definition) is 3. The van der Waals surface area contributed by atoms with Crippen LogP contribution in [0.3, 0.4) is 0 Å². The molecule has 0 radical (unpaired) electrons. The maximum atomic E-state index is 6.25. The fourth-order valence-electron chi connectivity index (χ4n) is 1.73. The normalized spacial score (nSPS) is 10.6. The van der Waals surface area contributed by atoms with Gasteiger partial charge in [0.05, 0.1) is 19.2 Å². The van der Waals surface area contributed by atoms with Crippen LogP contribution in [0.1, 0.15) is 12.6 Å². The summed E-state index contributed by atoms with van der Waals surface area (Å²) in [7, 11) is 3.23. The first kappa shape index (κ1) is 12.0. The average Bonchev–Trinajstić information content (AvgIpc) is 2.37. The molecule has 4 heteroatoms. The average molecular weight is 252 g/mol. The Balaban J connectivity index is 2.79. The quantitative estimate of drug-likeness (QED) is 0.837. The molecule has 1 aromatic carbocycles. The van der Waals surface area contributed by atoms with Crippen molar-refractivity contribution in [2.24, 2.45) is 0 Å². The van der Waals surface area contributed by atoms with Crippen LogP contribution < -0.4 is 9.47 Å². The van der Waals surface area contributed by atoms with Gasteiger partial charge >= 0.3 is 0 Å². The fourth-order valence-corrected chi connectivity index (χ4v) is 2.00. The minimum absolute atomic E-state index is 0.670. The molecule has 0 saturated heterocycles. The molecule has 0 spiro atoms. The third-order valence-corrected chi connectivity index (χ3v) is 2.99. The smallest absolute Gasteiger partial charge is 0.148 e. The highest BCUT2D eigenvalue weighted by Crippen LogP contribution is 2.34. The molecule has 0 N–H and O–H groups in total. The van der Waals surface area contributed by atoms with E-state index in [9.17, 15) is 0 Å². The van der Waals surface area contributed by atoms with Gasteiger partial charge in [0.15, 0.2) is 0 Å². The van der Waals surface area contributed by atoms with Crippen molar-refractivity contribution in [3.05, 3.63) is 28.9 Å². The lowest BCUT2D eigenvalue weighted by molar-refractivity contribution is 0.397. The zero-order chi connectivity index (χ0) is 12.4. The molecule has 2 rings (SSSR count). The molecule has 90 valence electrons. The van der Waals surface area contributed by atoms with Gasteiger partial charge in [0.1, 0.15) is 17.0 Å². The van der Waals surface area contributed by atoms with E-state index >= 15 is 0 Å². The summed E-state index contributed by atoms with van der Waals surface area (Å²) >= 11 is 6.25. The van der Waals surface area contributed by atoms with Crippen molar-refractivity contribution in [2.75, 3.05) is 14.2 Å². The van der Waals surface area contributed by atoms with E-state index in [4.69, 9.17) is 21.1 Å². The zero-order valence-electron chi connectivity index (χ0n) is 10.1. The highest BCUT2D eigenvalue weighted by atomic mass is 35.5. The van der Waals surface area contributed by atoms with E-state index in [0.717, 1.165) is 23.0 Å². The maximum absolute atomic E-state index is 6.25. The van der Waals surface area contributed by atoms with E-state index in [1.54, 1.807) is 14.2 Å². The molecule has 0 unspecified atom stereocenters. The predicted octanol–water partition coefficient (Wildman–Crippen LogP) is 3.47. The van der Waals surface area contributed by atoms with E-state index in [0.29, 0.717) is 16.5 Å². The van der Waals surface area contributed by atoms with Gasteiger partial charge < -0.3 is 9.47 Å². The molecule has 0 atom stereocenters. The summed E-state index contributed by atoms with van der Waals surface area (Å²) < 4.78 is 10.5. The monoisotopic (exact) mass is 251 g/mol. The van der Waals surface area contributed by atoms with Crippen LogP contribution in [0.5, 0.6) is 11.5 Å². The standard InChI is InChI=1S/C13H14ClNO2/c1-4-8-5-11(14)10-6-9(16-2)7-12(17-3)13(10)15-8/h5-7H,4H2,1-3H3. The highest BCUT2D eigenvalue weighted by molar-refractivity contribution is 6.35. The first-order valence-electron chi connectivity index (χ1n) is 5.40. The SMILES string of the molecule is CCc1cc(Cl)c2cc(OC)cc(OC)c2n1. The fraction of sp³-hybridized carbons (Fsp3) is 0.308. The van der Waals surface area contributed by atoms with Crippen molar-refractivity contribution in [3.63, 3.8) is 0 Å². The minimum Gasteiger partial charge on any atom is -0.497 e. The van der Waals surface area contributed by atoms with Crippen molar-refractivity contribution in [1.29, 1.82) is 0 Å². The largest absolute Gasteiger partial charge is 0.497 e. The number of nitrogens with zero attached hydrogens (tertiary/aromatic N) is 1. The third-order valence-electron chi connectivity index (χ3n) is 2.67. The zero-order valence-corrected chi connectivity index (χ0v) is 10.8. The topological polar surface area (TPSA) is 31.4 Å². The second kappa shape index (κ2) is 4.80. The van der Waals surface area contributed by atoms with Crippen molar-refractivity contribution in [1.82, 2.24) is 4.98 Å². The number of rotatable bonds is 3. The number of benzene rings is 1. The van der Waals surface area contributed by atoms with Gasteiger partial charge in [-0.1, -0.05) is 18.5 Å². The molecule has 0 aliphatic heterocycles. The Hall–Kier alpha value is -1.48. The number of ether oxygens (including phenoxy) is 2. The number of hydrogen-bond donors (Lipinski definition) is 0. The van der Waals surface area contributed by atoms with Gasteiger partial charge in [-0.05, 0) is 18.6 Å². The molecular formula is C13H14ClNO2. The van der Waals surface area contributed by atoms with Crippen molar-refractivity contribution >= 4 is 22.5 Å². The summed E-state index contributed by atoms with van der Waals surface area (Å²) in [4.78, 5) is 4.54. The van der Waals surface area contributed by atoms with E-state index < -0.39 is 0 Å². The Bertz CT molecular complexity index is 555. The molecule has 0 aliphatic carbocycles. The van der Waals surface area contributed by atoms with Crippen LogP contribution in [-0.2, 0) is 6.42 Å². The lowest BCUT2D eigenvalue weighted by Gasteiger charge is -2.10. The summed E-state index contributed by atoms with van der Waals surface area (Å²) in [5.74, 6) is 1.39. The Labute approximate surface area is 105 Å². The molecule has 0 amide bonds. The van der Waals surface area contributed by atoms with Gasteiger partial charge in [-0.15, -0.1) is 0 Å². The Morgan fingerprint density at radius 2 is 1.94 bits per heavy atom. The summed E-state index contributed by atoms with van der Waals surface area (Å²) in [5.41, 5.74) is 1.73. The van der Waals surface area contributed by atoms with Crippen molar-refractivity contribution in [2.45, 2.75) is 13.3 Å². The molecule has 1 heterocycles. The molecule has 1 aromatic heterocycles. The van der Waals surface area contributed by atoms with Gasteiger partial charge in [-0.25, -0.2) is 4.98 Å². The van der Waals surface area contributed by atoms with Crippen LogP contribution >= 0.6 is 11.6 Å². The summed E-state index contributed by atoms with van der Waals surface area (Å²) in [5, 5.41) is 1.52. The Morgan fingerprint density at radius 3 is 2.53 bits per heavy atom. The summed E-state index contributed by atoms with van der Waals surface area (Å²) in [6.45, 7) is 2.04. The summed E-state index contributed by atoms with van der Waals surface area (Å²) in [6.07, 6.45) is 0.838. The van der Waals surface area contributed by atoms with Crippen LogP contribution in [0.4, 0.5) is 0 Å². The molecular weight excluding hydrogens is 238 g/mol. The van der Waals surface area contributed by atoms with Gasteiger partial charge in [-0.2, -0.15) is 0 Å². The lowest BCUT2D eigenvalue weighted by Crippen LogP contribution is -1.94. The van der Waals surface area contributed by atoms with Crippen LogP contribution in [0.2, 0.25) is 5.02 Å². The van der Waals surface area contributed by atoms with Crippen LogP contribution in [-0.4, -0.2) is 19.2 Å². The number of halogens is 1. The van der Waals surface area contributed by atoms with E-state index in [2.05, 4.69) is 4.98 Å². The predicted molar refractivity (Wildman–Crippen MR) is 69.2 cm³/mol. The molecule has 0 saturated carbocycles. The number of pyridine rings is 1. The number of aryl methyl sites for hydroxylation is 1. The molecule has 3 nitrogen and oxygen atoms in total. The van der Waals surface area contributed by atoms with Crippen molar-refractivity contribution < 1.29 is 9.47 Å². The van der Waals surface area contributed by atoms with Crippen LogP contribution in [0.25, 0.3) is 10.9 Å². The number of fused-ring (bicyclic) bond motifs is 1. The number of aromatic nitrogens is 1. The number of methoxy groups -OCH3 is 2. The molecule has 17 heavy (non-hydrogen) atoms. The Kier molecular flexibility index (Phi) is 3.38. The van der Waals surface area contributed by atoms with Gasteiger partial charge in [-0.3, -0.25) is 0 Å². The second-order valence-corrected chi connectivity index (χ2v) is 4.08. The minimum atomic E-state index is 0.670.